The van der Waals surface area contributed by atoms with Crippen molar-refractivity contribution in [1.29, 1.82) is 0 Å². The standard InChI is InChI=1S/C19H17N3OS/c1-14(21-18(23)11-10-16-9-5-6-12-20-16)19-22-17(13-24-19)15-7-3-2-4-8-15/h2-14H,1H3,(H,21,23)/b11-10-/t14-/m1/s1. The number of amides is 1. The molecule has 0 unspecified atom stereocenters. The topological polar surface area (TPSA) is 54.9 Å². The molecular weight excluding hydrogens is 318 g/mol. The van der Waals surface area contributed by atoms with E-state index in [4.69, 9.17) is 0 Å². The van der Waals surface area contributed by atoms with Gasteiger partial charge in [-0.1, -0.05) is 36.4 Å². The van der Waals surface area contributed by atoms with Crippen LogP contribution in [0.25, 0.3) is 17.3 Å². The first-order valence-electron chi connectivity index (χ1n) is 7.63. The highest BCUT2D eigenvalue weighted by molar-refractivity contribution is 7.10. The van der Waals surface area contributed by atoms with Crippen LogP contribution in [0.4, 0.5) is 0 Å². The fourth-order valence-electron chi connectivity index (χ4n) is 2.19. The molecule has 0 saturated heterocycles. The molecule has 5 heteroatoms. The number of pyridine rings is 1. The first-order valence-corrected chi connectivity index (χ1v) is 8.51. The Morgan fingerprint density at radius 2 is 1.96 bits per heavy atom. The summed E-state index contributed by atoms with van der Waals surface area (Å²) < 4.78 is 0. The number of nitrogens with one attached hydrogen (secondary N) is 1. The van der Waals surface area contributed by atoms with Crippen molar-refractivity contribution in [2.45, 2.75) is 13.0 Å². The number of hydrogen-bond acceptors (Lipinski definition) is 4. The highest BCUT2D eigenvalue weighted by atomic mass is 32.1. The summed E-state index contributed by atoms with van der Waals surface area (Å²) >= 11 is 1.55. The maximum Gasteiger partial charge on any atom is 0.244 e. The first-order chi connectivity index (χ1) is 11.7. The van der Waals surface area contributed by atoms with Crippen molar-refractivity contribution in [2.75, 3.05) is 0 Å². The smallest absolute Gasteiger partial charge is 0.244 e. The second kappa shape index (κ2) is 7.66. The predicted molar refractivity (Wildman–Crippen MR) is 97.4 cm³/mol. The van der Waals surface area contributed by atoms with Gasteiger partial charge in [-0.15, -0.1) is 11.3 Å². The van der Waals surface area contributed by atoms with Crippen LogP contribution >= 0.6 is 11.3 Å². The molecule has 3 aromatic rings. The Bertz CT molecular complexity index is 828. The SMILES string of the molecule is C[C@@H](NC(=O)/C=C\c1ccccn1)c1nc(-c2ccccc2)cs1. The van der Waals surface area contributed by atoms with Gasteiger partial charge < -0.3 is 5.32 Å². The Morgan fingerprint density at radius 3 is 2.71 bits per heavy atom. The van der Waals surface area contributed by atoms with Gasteiger partial charge in [-0.2, -0.15) is 0 Å². The molecule has 3 rings (SSSR count). The lowest BCUT2D eigenvalue weighted by Crippen LogP contribution is -2.24. The summed E-state index contributed by atoms with van der Waals surface area (Å²) in [4.78, 5) is 20.8. The monoisotopic (exact) mass is 335 g/mol. The molecule has 0 aliphatic carbocycles. The summed E-state index contributed by atoms with van der Waals surface area (Å²) in [5, 5.41) is 5.82. The molecule has 0 bridgehead atoms. The molecule has 2 heterocycles. The van der Waals surface area contributed by atoms with Gasteiger partial charge in [0.2, 0.25) is 5.91 Å². The van der Waals surface area contributed by atoms with Crippen LogP contribution < -0.4 is 5.32 Å². The summed E-state index contributed by atoms with van der Waals surface area (Å²) in [5.41, 5.74) is 2.76. The maximum atomic E-state index is 12.0. The molecule has 0 radical (unpaired) electrons. The molecule has 1 amide bonds. The Hall–Kier alpha value is -2.79. The van der Waals surface area contributed by atoms with E-state index in [9.17, 15) is 4.79 Å². The van der Waals surface area contributed by atoms with Gasteiger partial charge in [0, 0.05) is 23.2 Å². The van der Waals surface area contributed by atoms with Crippen LogP contribution in [0.3, 0.4) is 0 Å². The third-order valence-electron chi connectivity index (χ3n) is 3.41. The lowest BCUT2D eigenvalue weighted by Gasteiger charge is -2.08. The van der Waals surface area contributed by atoms with E-state index >= 15 is 0 Å². The molecule has 24 heavy (non-hydrogen) atoms. The quantitative estimate of drug-likeness (QED) is 0.714. The van der Waals surface area contributed by atoms with E-state index in [1.165, 1.54) is 6.08 Å². The van der Waals surface area contributed by atoms with Crippen LogP contribution in [-0.2, 0) is 4.79 Å². The molecule has 0 aliphatic heterocycles. The average Bonchev–Trinajstić information content (AvgIpc) is 3.12. The second-order valence-corrected chi connectivity index (χ2v) is 6.14. The van der Waals surface area contributed by atoms with Crippen molar-refractivity contribution in [1.82, 2.24) is 15.3 Å². The number of nitrogens with zero attached hydrogens (tertiary/aromatic N) is 2. The molecule has 0 aliphatic rings. The van der Waals surface area contributed by atoms with Gasteiger partial charge in [0.15, 0.2) is 0 Å². The third kappa shape index (κ3) is 4.14. The maximum absolute atomic E-state index is 12.0. The van der Waals surface area contributed by atoms with Gasteiger partial charge in [-0.05, 0) is 25.1 Å². The van der Waals surface area contributed by atoms with Crippen LogP contribution in [0.1, 0.15) is 23.7 Å². The zero-order valence-electron chi connectivity index (χ0n) is 13.2. The molecule has 1 aromatic carbocycles. The minimum atomic E-state index is -0.162. The number of carbonyl (C=O) groups excluding carboxylic acids is 1. The zero-order chi connectivity index (χ0) is 16.8. The molecule has 120 valence electrons. The van der Waals surface area contributed by atoms with Crippen LogP contribution in [0.2, 0.25) is 0 Å². The molecule has 4 nitrogen and oxygen atoms in total. The van der Waals surface area contributed by atoms with Gasteiger partial charge in [0.05, 0.1) is 17.4 Å². The van der Waals surface area contributed by atoms with E-state index in [-0.39, 0.29) is 11.9 Å². The Labute approximate surface area is 144 Å². The number of rotatable bonds is 5. The van der Waals surface area contributed by atoms with Gasteiger partial charge in [-0.25, -0.2) is 4.98 Å². The number of benzene rings is 1. The highest BCUT2D eigenvalue weighted by Gasteiger charge is 2.12. The molecule has 0 saturated carbocycles. The number of thiazole rings is 1. The van der Waals surface area contributed by atoms with E-state index in [1.807, 2.05) is 60.8 Å². The fourth-order valence-corrected chi connectivity index (χ4v) is 3.02. The van der Waals surface area contributed by atoms with E-state index < -0.39 is 0 Å². The fraction of sp³-hybridized carbons (Fsp3) is 0.105. The number of hydrogen-bond donors (Lipinski definition) is 1. The van der Waals surface area contributed by atoms with Crippen molar-refractivity contribution >= 4 is 23.3 Å². The summed E-state index contributed by atoms with van der Waals surface area (Å²) in [7, 11) is 0. The van der Waals surface area contributed by atoms with Crippen LogP contribution in [0, 0.1) is 0 Å². The van der Waals surface area contributed by atoms with Gasteiger partial charge in [-0.3, -0.25) is 9.78 Å². The first kappa shape index (κ1) is 16.1. The van der Waals surface area contributed by atoms with Crippen LogP contribution in [0.5, 0.6) is 0 Å². The average molecular weight is 335 g/mol. The van der Waals surface area contributed by atoms with Crippen molar-refractivity contribution in [3.8, 4) is 11.3 Å². The lowest BCUT2D eigenvalue weighted by atomic mass is 10.2. The van der Waals surface area contributed by atoms with E-state index in [1.54, 1.807) is 23.6 Å². The van der Waals surface area contributed by atoms with Gasteiger partial charge in [0.25, 0.3) is 0 Å². The molecule has 1 atom stereocenters. The van der Waals surface area contributed by atoms with Crippen molar-refractivity contribution in [3.05, 3.63) is 76.9 Å². The summed E-state index contributed by atoms with van der Waals surface area (Å²) in [5.74, 6) is -0.162. The summed E-state index contributed by atoms with van der Waals surface area (Å²) in [6.07, 6.45) is 4.88. The van der Waals surface area contributed by atoms with Crippen LogP contribution in [-0.4, -0.2) is 15.9 Å². The number of carbonyl (C=O) groups is 1. The molecule has 0 spiro atoms. The third-order valence-corrected chi connectivity index (χ3v) is 4.44. The minimum absolute atomic E-state index is 0.145. The summed E-state index contributed by atoms with van der Waals surface area (Å²) in [6, 6.07) is 15.4. The lowest BCUT2D eigenvalue weighted by molar-refractivity contribution is -0.117. The zero-order valence-corrected chi connectivity index (χ0v) is 14.0. The van der Waals surface area contributed by atoms with Gasteiger partial charge >= 0.3 is 0 Å². The van der Waals surface area contributed by atoms with E-state index in [0.29, 0.717) is 0 Å². The van der Waals surface area contributed by atoms with E-state index in [2.05, 4.69) is 15.3 Å². The van der Waals surface area contributed by atoms with Gasteiger partial charge in [0.1, 0.15) is 5.01 Å². The van der Waals surface area contributed by atoms with Crippen molar-refractivity contribution in [2.24, 2.45) is 0 Å². The summed E-state index contributed by atoms with van der Waals surface area (Å²) in [6.45, 7) is 1.93. The molecule has 2 aromatic heterocycles. The van der Waals surface area contributed by atoms with E-state index in [0.717, 1.165) is 22.0 Å². The predicted octanol–water partition coefficient (Wildman–Crippen LogP) is 4.10. The minimum Gasteiger partial charge on any atom is -0.344 e. The Kier molecular flexibility index (Phi) is 5.13. The Balaban J connectivity index is 1.63. The Morgan fingerprint density at radius 1 is 1.17 bits per heavy atom. The van der Waals surface area contributed by atoms with Crippen molar-refractivity contribution < 1.29 is 4.79 Å². The largest absolute Gasteiger partial charge is 0.344 e. The van der Waals surface area contributed by atoms with Crippen LogP contribution in [0.15, 0.2) is 66.2 Å². The number of aromatic nitrogens is 2. The van der Waals surface area contributed by atoms with Crippen molar-refractivity contribution in [3.63, 3.8) is 0 Å². The normalized spacial score (nSPS) is 12.2. The highest BCUT2D eigenvalue weighted by Crippen LogP contribution is 2.25. The molecule has 1 N–H and O–H groups in total. The second-order valence-electron chi connectivity index (χ2n) is 5.26. The molecular formula is C19H17N3OS. The molecule has 0 fully saturated rings.